The van der Waals surface area contributed by atoms with Crippen LogP contribution in [0, 0.1) is 11.3 Å². The van der Waals surface area contributed by atoms with E-state index in [1.54, 1.807) is 0 Å². The van der Waals surface area contributed by atoms with Crippen LogP contribution in [0.15, 0.2) is 0 Å². The van der Waals surface area contributed by atoms with Gasteiger partial charge in [0.25, 0.3) is 0 Å². The molecule has 4 heteroatoms. The van der Waals surface area contributed by atoms with Gasteiger partial charge in [0.05, 0.1) is 19.0 Å². The molecule has 1 rings (SSSR count). The number of hydrogen-bond donors (Lipinski definition) is 2. The summed E-state index contributed by atoms with van der Waals surface area (Å²) in [5, 5.41) is 7.37. The molecule has 0 aromatic carbocycles. The van der Waals surface area contributed by atoms with Gasteiger partial charge in [-0.15, -0.1) is 0 Å². The van der Waals surface area contributed by atoms with Crippen LogP contribution in [0.25, 0.3) is 0 Å². The van der Waals surface area contributed by atoms with Crippen LogP contribution in [0.5, 0.6) is 0 Å². The maximum absolute atomic E-state index is 7.37. The Hall–Kier alpha value is -0.610. The molecule has 0 aliphatic carbocycles. The van der Waals surface area contributed by atoms with Gasteiger partial charge in [0, 0.05) is 24.5 Å². The van der Waals surface area contributed by atoms with Gasteiger partial charge in [-0.3, -0.25) is 10.3 Å². The molecule has 0 amide bonds. The molecule has 1 aliphatic rings. The zero-order chi connectivity index (χ0) is 10.8. The van der Waals surface area contributed by atoms with E-state index in [1.165, 1.54) is 0 Å². The van der Waals surface area contributed by atoms with E-state index in [2.05, 4.69) is 18.7 Å². The molecule has 1 aliphatic heterocycles. The van der Waals surface area contributed by atoms with Gasteiger partial charge < -0.3 is 10.5 Å². The Kier molecular flexibility index (Phi) is 3.50. The van der Waals surface area contributed by atoms with Crippen LogP contribution in [0.3, 0.4) is 0 Å². The normalized spacial score (nSPS) is 24.5. The highest BCUT2D eigenvalue weighted by atomic mass is 16.5. The van der Waals surface area contributed by atoms with Crippen molar-refractivity contribution in [2.24, 2.45) is 11.7 Å². The Bertz CT molecular complexity index is 215. The maximum Gasteiger partial charge on any atom is 0.0947 e. The van der Waals surface area contributed by atoms with Crippen LogP contribution in [0.2, 0.25) is 0 Å². The Balaban J connectivity index is 2.53. The first-order chi connectivity index (χ1) is 6.43. The van der Waals surface area contributed by atoms with Crippen LogP contribution >= 0.6 is 0 Å². The molecule has 14 heavy (non-hydrogen) atoms. The highest BCUT2D eigenvalue weighted by Gasteiger charge is 2.31. The minimum absolute atomic E-state index is 0.0714. The fraction of sp³-hybridized carbons (Fsp3) is 0.900. The third kappa shape index (κ3) is 2.69. The highest BCUT2D eigenvalue weighted by Crippen LogP contribution is 2.19. The Morgan fingerprint density at radius 3 is 2.79 bits per heavy atom. The highest BCUT2D eigenvalue weighted by molar-refractivity contribution is 5.79. The summed E-state index contributed by atoms with van der Waals surface area (Å²) in [5.74, 6) is 0.402. The van der Waals surface area contributed by atoms with E-state index < -0.39 is 0 Å². The lowest BCUT2D eigenvalue weighted by atomic mass is 10.00. The fourth-order valence-electron chi connectivity index (χ4n) is 1.66. The van der Waals surface area contributed by atoms with Crippen LogP contribution in [0.1, 0.15) is 20.8 Å². The quantitative estimate of drug-likeness (QED) is 0.519. The van der Waals surface area contributed by atoms with Crippen molar-refractivity contribution in [2.45, 2.75) is 26.3 Å². The summed E-state index contributed by atoms with van der Waals surface area (Å²) in [7, 11) is 0. The molecule has 1 atom stereocenters. The number of ether oxygens (including phenoxy) is 1. The largest absolute Gasteiger partial charge is 0.387 e. The predicted octanol–water partition coefficient (Wildman–Crippen LogP) is 0.669. The number of nitrogens with zero attached hydrogens (tertiary/aromatic N) is 1. The summed E-state index contributed by atoms with van der Waals surface area (Å²) >= 11 is 0. The van der Waals surface area contributed by atoms with Crippen LogP contribution in [-0.4, -0.2) is 42.6 Å². The first-order valence-electron chi connectivity index (χ1n) is 5.10. The molecule has 0 bridgehead atoms. The minimum atomic E-state index is 0.0714. The lowest BCUT2D eigenvalue weighted by Crippen LogP contribution is -2.55. The molecule has 0 aromatic heterocycles. The molecule has 1 heterocycles. The van der Waals surface area contributed by atoms with Gasteiger partial charge in [-0.05, 0) is 13.8 Å². The summed E-state index contributed by atoms with van der Waals surface area (Å²) in [4.78, 5) is 2.35. The molecular formula is C10H21N3O. The fourth-order valence-corrected chi connectivity index (χ4v) is 1.66. The molecule has 0 radical (unpaired) electrons. The summed E-state index contributed by atoms with van der Waals surface area (Å²) < 4.78 is 5.43. The Morgan fingerprint density at radius 2 is 2.29 bits per heavy atom. The van der Waals surface area contributed by atoms with E-state index in [0.717, 1.165) is 26.3 Å². The van der Waals surface area contributed by atoms with Crippen molar-refractivity contribution >= 4 is 5.84 Å². The number of nitrogens with one attached hydrogen (secondary N) is 1. The molecule has 0 saturated carbocycles. The van der Waals surface area contributed by atoms with Gasteiger partial charge in [-0.2, -0.15) is 0 Å². The van der Waals surface area contributed by atoms with Crippen molar-refractivity contribution in [3.8, 4) is 0 Å². The first kappa shape index (κ1) is 11.5. The van der Waals surface area contributed by atoms with Crippen LogP contribution < -0.4 is 5.73 Å². The lowest BCUT2D eigenvalue weighted by molar-refractivity contribution is -0.0533. The second-order valence-corrected chi connectivity index (χ2v) is 4.67. The summed E-state index contributed by atoms with van der Waals surface area (Å²) in [6, 6.07) is 0. The van der Waals surface area contributed by atoms with Crippen molar-refractivity contribution in [3.63, 3.8) is 0 Å². The molecule has 4 nitrogen and oxygen atoms in total. The van der Waals surface area contributed by atoms with Gasteiger partial charge in [-0.25, -0.2) is 0 Å². The van der Waals surface area contributed by atoms with Crippen molar-refractivity contribution in [1.29, 1.82) is 5.41 Å². The average Bonchev–Trinajstić information content (AvgIpc) is 2.08. The molecule has 3 N–H and O–H groups in total. The molecule has 0 aromatic rings. The Morgan fingerprint density at radius 1 is 1.64 bits per heavy atom. The Labute approximate surface area is 85.9 Å². The number of nitrogens with two attached hydrogens (primary N) is 1. The van der Waals surface area contributed by atoms with E-state index in [4.69, 9.17) is 15.9 Å². The monoisotopic (exact) mass is 199 g/mol. The van der Waals surface area contributed by atoms with Gasteiger partial charge >= 0.3 is 0 Å². The second kappa shape index (κ2) is 4.28. The minimum Gasteiger partial charge on any atom is -0.387 e. The smallest absolute Gasteiger partial charge is 0.0947 e. The van der Waals surface area contributed by atoms with E-state index in [-0.39, 0.29) is 17.3 Å². The van der Waals surface area contributed by atoms with Crippen molar-refractivity contribution < 1.29 is 4.74 Å². The van der Waals surface area contributed by atoms with Gasteiger partial charge in [0.15, 0.2) is 0 Å². The van der Waals surface area contributed by atoms with E-state index in [1.807, 2.05) is 6.92 Å². The third-order valence-electron chi connectivity index (χ3n) is 2.84. The van der Waals surface area contributed by atoms with Crippen LogP contribution in [0.4, 0.5) is 0 Å². The maximum atomic E-state index is 7.37. The molecule has 82 valence electrons. The SMILES string of the molecule is CC(CN1CCOCC1(C)C)C(=N)N. The first-order valence-corrected chi connectivity index (χ1v) is 5.10. The molecule has 0 spiro atoms. The number of rotatable bonds is 3. The van der Waals surface area contributed by atoms with E-state index in [9.17, 15) is 0 Å². The summed E-state index contributed by atoms with van der Waals surface area (Å²) in [6.07, 6.45) is 0. The lowest BCUT2D eigenvalue weighted by Gasteiger charge is -2.43. The third-order valence-corrected chi connectivity index (χ3v) is 2.84. The molecule has 1 unspecified atom stereocenters. The average molecular weight is 199 g/mol. The van der Waals surface area contributed by atoms with Crippen molar-refractivity contribution in [1.82, 2.24) is 4.90 Å². The topological polar surface area (TPSA) is 62.3 Å². The summed E-state index contributed by atoms with van der Waals surface area (Å²) in [5.41, 5.74) is 5.54. The molecule has 1 fully saturated rings. The zero-order valence-electron chi connectivity index (χ0n) is 9.34. The summed E-state index contributed by atoms with van der Waals surface area (Å²) in [6.45, 7) is 9.66. The predicted molar refractivity (Wildman–Crippen MR) is 57.5 cm³/mol. The van der Waals surface area contributed by atoms with E-state index in [0.29, 0.717) is 0 Å². The molecular weight excluding hydrogens is 178 g/mol. The second-order valence-electron chi connectivity index (χ2n) is 4.67. The number of amidine groups is 1. The van der Waals surface area contributed by atoms with Gasteiger partial charge in [0.2, 0.25) is 0 Å². The van der Waals surface area contributed by atoms with Crippen molar-refractivity contribution in [2.75, 3.05) is 26.3 Å². The standard InChI is InChI=1S/C10H21N3O/c1-8(9(11)12)6-13-4-5-14-7-10(13,2)3/h8H,4-7H2,1-3H3,(H3,11,12). The van der Waals surface area contributed by atoms with Gasteiger partial charge in [0.1, 0.15) is 0 Å². The van der Waals surface area contributed by atoms with Crippen molar-refractivity contribution in [3.05, 3.63) is 0 Å². The number of morpholine rings is 1. The molecule has 1 saturated heterocycles. The zero-order valence-corrected chi connectivity index (χ0v) is 9.34. The number of hydrogen-bond acceptors (Lipinski definition) is 3. The van der Waals surface area contributed by atoms with Gasteiger partial charge in [-0.1, -0.05) is 6.92 Å². The van der Waals surface area contributed by atoms with E-state index >= 15 is 0 Å². The van der Waals surface area contributed by atoms with Crippen LogP contribution in [-0.2, 0) is 4.74 Å².